The summed E-state index contributed by atoms with van der Waals surface area (Å²) < 4.78 is 6.46. The van der Waals surface area contributed by atoms with Crippen molar-refractivity contribution in [3.05, 3.63) is 28.8 Å². The number of carbonyl (C=O) groups excluding carboxylic acids is 1. The highest BCUT2D eigenvalue weighted by Crippen LogP contribution is 2.39. The first-order chi connectivity index (χ1) is 9.08. The molecule has 0 N–H and O–H groups in total. The summed E-state index contributed by atoms with van der Waals surface area (Å²) in [6.07, 6.45) is 2.37. The van der Waals surface area contributed by atoms with E-state index in [4.69, 9.17) is 4.43 Å². The Bertz CT molecular complexity index is 461. The molecule has 3 heteroatoms. The molecule has 112 valence electrons. The van der Waals surface area contributed by atoms with Gasteiger partial charge in [-0.15, -0.1) is 0 Å². The van der Waals surface area contributed by atoms with Crippen LogP contribution in [-0.4, -0.2) is 14.6 Å². The third-order valence-electron chi connectivity index (χ3n) is 4.23. The Hall–Kier alpha value is -1.09. The lowest BCUT2D eigenvalue weighted by molar-refractivity contribution is -0.107. The molecule has 0 saturated heterocycles. The van der Waals surface area contributed by atoms with Gasteiger partial charge in [-0.3, -0.25) is 0 Å². The summed E-state index contributed by atoms with van der Waals surface area (Å²) in [4.78, 5) is 10.5. The molecule has 0 aliphatic carbocycles. The fraction of sp³-hybridized carbons (Fsp3) is 0.588. The molecular weight excluding hydrogens is 264 g/mol. The fourth-order valence-electron chi connectivity index (χ4n) is 1.98. The van der Waals surface area contributed by atoms with Gasteiger partial charge in [0.2, 0.25) is 0 Å². The minimum atomic E-state index is -1.81. The second-order valence-electron chi connectivity index (χ2n) is 7.13. The van der Waals surface area contributed by atoms with Crippen LogP contribution in [0.5, 0.6) is 5.75 Å². The molecule has 20 heavy (non-hydrogen) atoms. The largest absolute Gasteiger partial charge is 0.543 e. The van der Waals surface area contributed by atoms with E-state index in [2.05, 4.69) is 59.8 Å². The van der Waals surface area contributed by atoms with Crippen LogP contribution in [0.3, 0.4) is 0 Å². The van der Waals surface area contributed by atoms with Crippen molar-refractivity contribution in [1.82, 2.24) is 0 Å². The summed E-state index contributed by atoms with van der Waals surface area (Å²) in [6, 6.07) is 4.30. The molecule has 2 nitrogen and oxygen atoms in total. The Kier molecular flexibility index (Phi) is 5.19. The molecule has 0 saturated carbocycles. The van der Waals surface area contributed by atoms with E-state index in [1.807, 2.05) is 0 Å². The van der Waals surface area contributed by atoms with Crippen molar-refractivity contribution < 1.29 is 9.22 Å². The van der Waals surface area contributed by atoms with Gasteiger partial charge < -0.3 is 9.22 Å². The Labute approximate surface area is 124 Å². The number of rotatable bonds is 5. The molecule has 1 aromatic carbocycles. The van der Waals surface area contributed by atoms with Crippen LogP contribution >= 0.6 is 0 Å². The second-order valence-corrected chi connectivity index (χ2v) is 11.9. The summed E-state index contributed by atoms with van der Waals surface area (Å²) in [5.41, 5.74) is 3.57. The minimum absolute atomic E-state index is 0.196. The van der Waals surface area contributed by atoms with E-state index in [1.165, 1.54) is 16.7 Å². The summed E-state index contributed by atoms with van der Waals surface area (Å²) >= 11 is 0. The van der Waals surface area contributed by atoms with Gasteiger partial charge in [0.25, 0.3) is 8.32 Å². The molecule has 0 aromatic heterocycles. The lowest BCUT2D eigenvalue weighted by Crippen LogP contribution is -2.44. The number of benzene rings is 1. The monoisotopic (exact) mass is 292 g/mol. The molecule has 0 unspecified atom stereocenters. The molecule has 0 aliphatic heterocycles. The molecular formula is C17H28O2Si. The first kappa shape index (κ1) is 17.0. The third-order valence-corrected chi connectivity index (χ3v) is 8.56. The van der Waals surface area contributed by atoms with E-state index in [0.29, 0.717) is 6.42 Å². The first-order valence-corrected chi connectivity index (χ1v) is 10.2. The van der Waals surface area contributed by atoms with Gasteiger partial charge in [-0.1, -0.05) is 32.9 Å². The standard InChI is InChI=1S/C17H28O2Si/c1-13-11-15(9-8-10-18)12-14(2)16(13)19-20(6,7)17(3,4)5/h10-12H,8-9H2,1-7H3. The third kappa shape index (κ3) is 3.95. The van der Waals surface area contributed by atoms with Crippen molar-refractivity contribution >= 4 is 14.6 Å². The molecule has 0 spiro atoms. The topological polar surface area (TPSA) is 26.3 Å². The van der Waals surface area contributed by atoms with Crippen LogP contribution in [0, 0.1) is 13.8 Å². The van der Waals surface area contributed by atoms with E-state index >= 15 is 0 Å². The molecule has 0 heterocycles. The number of aldehydes is 1. The Morgan fingerprint density at radius 3 is 2.05 bits per heavy atom. The summed E-state index contributed by atoms with van der Waals surface area (Å²) in [7, 11) is -1.81. The average Bonchev–Trinajstić information content (AvgIpc) is 2.29. The SMILES string of the molecule is Cc1cc(CCC=O)cc(C)c1O[Si](C)(C)C(C)(C)C. The molecule has 1 rings (SSSR count). The van der Waals surface area contributed by atoms with Gasteiger partial charge in [0, 0.05) is 6.42 Å². The zero-order chi connectivity index (χ0) is 15.6. The second kappa shape index (κ2) is 6.13. The maximum Gasteiger partial charge on any atom is 0.250 e. The van der Waals surface area contributed by atoms with E-state index in [-0.39, 0.29) is 5.04 Å². The zero-order valence-electron chi connectivity index (χ0n) is 14.0. The molecule has 0 amide bonds. The Morgan fingerprint density at radius 1 is 1.15 bits per heavy atom. The van der Waals surface area contributed by atoms with Crippen LogP contribution < -0.4 is 4.43 Å². The number of hydrogen-bond donors (Lipinski definition) is 0. The van der Waals surface area contributed by atoms with Crippen molar-refractivity contribution in [2.45, 2.75) is 65.6 Å². The normalized spacial score (nSPS) is 12.3. The minimum Gasteiger partial charge on any atom is -0.543 e. The van der Waals surface area contributed by atoms with Gasteiger partial charge in [-0.2, -0.15) is 0 Å². The molecule has 0 atom stereocenters. The van der Waals surface area contributed by atoms with E-state index in [1.54, 1.807) is 0 Å². The van der Waals surface area contributed by atoms with E-state index in [9.17, 15) is 4.79 Å². The Morgan fingerprint density at radius 2 is 1.65 bits per heavy atom. The van der Waals surface area contributed by atoms with Crippen molar-refractivity contribution in [1.29, 1.82) is 0 Å². The average molecular weight is 292 g/mol. The lowest BCUT2D eigenvalue weighted by Gasteiger charge is -2.37. The number of hydrogen-bond acceptors (Lipinski definition) is 2. The van der Waals surface area contributed by atoms with Crippen LogP contribution in [0.1, 0.15) is 43.9 Å². The van der Waals surface area contributed by atoms with Gasteiger partial charge >= 0.3 is 0 Å². The van der Waals surface area contributed by atoms with Gasteiger partial charge in [0.15, 0.2) is 0 Å². The maximum atomic E-state index is 10.5. The number of aryl methyl sites for hydroxylation is 3. The maximum absolute atomic E-state index is 10.5. The van der Waals surface area contributed by atoms with Crippen LogP contribution in [0.25, 0.3) is 0 Å². The molecule has 1 aromatic rings. The summed E-state index contributed by atoms with van der Waals surface area (Å²) in [5, 5.41) is 0.196. The van der Waals surface area contributed by atoms with E-state index in [0.717, 1.165) is 18.5 Å². The molecule has 0 fully saturated rings. The highest BCUT2D eigenvalue weighted by molar-refractivity contribution is 6.74. The quantitative estimate of drug-likeness (QED) is 0.574. The number of carbonyl (C=O) groups is 1. The van der Waals surface area contributed by atoms with Gasteiger partial charge in [-0.05, 0) is 55.1 Å². The Balaban J connectivity index is 3.06. The van der Waals surface area contributed by atoms with Crippen molar-refractivity contribution in [3.63, 3.8) is 0 Å². The molecule has 0 bridgehead atoms. The summed E-state index contributed by atoms with van der Waals surface area (Å²) in [6.45, 7) is 15.5. The van der Waals surface area contributed by atoms with Crippen LogP contribution in [0.4, 0.5) is 0 Å². The molecule has 0 radical (unpaired) electrons. The van der Waals surface area contributed by atoms with Crippen LogP contribution in [0.15, 0.2) is 12.1 Å². The van der Waals surface area contributed by atoms with Crippen LogP contribution in [0.2, 0.25) is 18.1 Å². The fourth-order valence-corrected chi connectivity index (χ4v) is 3.12. The van der Waals surface area contributed by atoms with Gasteiger partial charge in [-0.25, -0.2) is 0 Å². The summed E-state index contributed by atoms with van der Waals surface area (Å²) in [5.74, 6) is 1.03. The predicted octanol–water partition coefficient (Wildman–Crippen LogP) is 4.82. The van der Waals surface area contributed by atoms with E-state index < -0.39 is 8.32 Å². The smallest absolute Gasteiger partial charge is 0.250 e. The van der Waals surface area contributed by atoms with Crippen molar-refractivity contribution in [2.24, 2.45) is 0 Å². The predicted molar refractivity (Wildman–Crippen MR) is 88.1 cm³/mol. The highest BCUT2D eigenvalue weighted by atomic mass is 28.4. The van der Waals surface area contributed by atoms with Crippen molar-refractivity contribution in [2.75, 3.05) is 0 Å². The van der Waals surface area contributed by atoms with Crippen LogP contribution in [-0.2, 0) is 11.2 Å². The highest BCUT2D eigenvalue weighted by Gasteiger charge is 2.39. The first-order valence-electron chi connectivity index (χ1n) is 7.31. The zero-order valence-corrected chi connectivity index (χ0v) is 15.0. The lowest BCUT2D eigenvalue weighted by atomic mass is 10.0. The van der Waals surface area contributed by atoms with Gasteiger partial charge in [0.05, 0.1) is 0 Å². The van der Waals surface area contributed by atoms with Gasteiger partial charge in [0.1, 0.15) is 12.0 Å². The molecule has 0 aliphatic rings. The van der Waals surface area contributed by atoms with Crippen molar-refractivity contribution in [3.8, 4) is 5.75 Å².